The van der Waals surface area contributed by atoms with Crippen LogP contribution in [-0.4, -0.2) is 21.3 Å². The number of benzene rings is 2. The molecule has 0 atom stereocenters. The lowest BCUT2D eigenvalue weighted by Gasteiger charge is -2.11. The Morgan fingerprint density at radius 3 is 2.13 bits per heavy atom. The van der Waals surface area contributed by atoms with Crippen LogP contribution in [0.2, 0.25) is 0 Å². The standard InChI is InChI=1S/C18H16N2O3/c1-10-8-13(17-20-19-12(3)23-17)4-6-15(10)16-7-5-14(18(21)22)9-11(16)2/h4-9H,1-3H3,(H,21,22). The van der Waals surface area contributed by atoms with E-state index in [2.05, 4.69) is 10.2 Å². The number of hydrogen-bond donors (Lipinski definition) is 1. The minimum Gasteiger partial charge on any atom is -0.478 e. The molecule has 0 saturated carbocycles. The number of carboxylic acids is 1. The average Bonchev–Trinajstić information content (AvgIpc) is 2.94. The van der Waals surface area contributed by atoms with Crippen molar-refractivity contribution in [2.75, 3.05) is 0 Å². The van der Waals surface area contributed by atoms with E-state index in [1.807, 2.05) is 38.1 Å². The summed E-state index contributed by atoms with van der Waals surface area (Å²) in [5, 5.41) is 16.9. The summed E-state index contributed by atoms with van der Waals surface area (Å²) in [4.78, 5) is 11.0. The van der Waals surface area contributed by atoms with Gasteiger partial charge in [-0.05, 0) is 60.4 Å². The van der Waals surface area contributed by atoms with E-state index in [0.717, 1.165) is 27.8 Å². The minimum absolute atomic E-state index is 0.293. The van der Waals surface area contributed by atoms with Crippen LogP contribution in [0, 0.1) is 20.8 Å². The molecule has 0 spiro atoms. The first-order chi connectivity index (χ1) is 11.0. The molecule has 5 nitrogen and oxygen atoms in total. The maximum Gasteiger partial charge on any atom is 0.335 e. The molecule has 0 radical (unpaired) electrons. The van der Waals surface area contributed by atoms with Crippen LogP contribution in [0.25, 0.3) is 22.6 Å². The van der Waals surface area contributed by atoms with Gasteiger partial charge >= 0.3 is 5.97 Å². The van der Waals surface area contributed by atoms with E-state index < -0.39 is 5.97 Å². The Balaban J connectivity index is 2.03. The van der Waals surface area contributed by atoms with E-state index in [4.69, 9.17) is 9.52 Å². The van der Waals surface area contributed by atoms with Gasteiger partial charge in [0.05, 0.1) is 5.56 Å². The largest absolute Gasteiger partial charge is 0.478 e. The van der Waals surface area contributed by atoms with E-state index in [-0.39, 0.29) is 0 Å². The Kier molecular flexibility index (Phi) is 3.70. The number of aryl methyl sites for hydroxylation is 3. The lowest BCUT2D eigenvalue weighted by atomic mass is 9.94. The molecular formula is C18H16N2O3. The highest BCUT2D eigenvalue weighted by Crippen LogP contribution is 2.30. The zero-order valence-corrected chi connectivity index (χ0v) is 13.1. The molecule has 0 aliphatic heterocycles. The van der Waals surface area contributed by atoms with Gasteiger partial charge in [0.2, 0.25) is 11.8 Å². The summed E-state index contributed by atoms with van der Waals surface area (Å²) < 4.78 is 5.45. The summed E-state index contributed by atoms with van der Waals surface area (Å²) in [6.45, 7) is 5.67. The van der Waals surface area contributed by atoms with Crippen LogP contribution in [0.3, 0.4) is 0 Å². The van der Waals surface area contributed by atoms with E-state index in [1.165, 1.54) is 0 Å². The second-order valence-electron chi connectivity index (χ2n) is 5.49. The highest BCUT2D eigenvalue weighted by molar-refractivity contribution is 5.89. The second kappa shape index (κ2) is 5.68. The molecule has 0 saturated heterocycles. The number of nitrogens with zero attached hydrogens (tertiary/aromatic N) is 2. The topological polar surface area (TPSA) is 76.2 Å². The van der Waals surface area contributed by atoms with Crippen LogP contribution in [0.1, 0.15) is 27.4 Å². The summed E-state index contributed by atoms with van der Waals surface area (Å²) in [5.41, 5.74) is 5.22. The zero-order valence-electron chi connectivity index (χ0n) is 13.1. The first-order valence-electron chi connectivity index (χ1n) is 7.21. The maximum atomic E-state index is 11.0. The Labute approximate surface area is 133 Å². The van der Waals surface area contributed by atoms with E-state index in [9.17, 15) is 4.79 Å². The molecule has 0 bridgehead atoms. The van der Waals surface area contributed by atoms with Crippen LogP contribution < -0.4 is 0 Å². The SMILES string of the molecule is Cc1nnc(-c2ccc(-c3ccc(C(=O)O)cc3C)c(C)c2)o1. The number of carbonyl (C=O) groups is 1. The first kappa shape index (κ1) is 15.0. The van der Waals surface area contributed by atoms with Crippen molar-refractivity contribution in [3.05, 3.63) is 59.0 Å². The van der Waals surface area contributed by atoms with Crippen molar-refractivity contribution in [1.29, 1.82) is 0 Å². The van der Waals surface area contributed by atoms with Gasteiger partial charge in [0.15, 0.2) is 0 Å². The molecule has 1 aromatic heterocycles. The number of carboxylic acid groups (broad SMARTS) is 1. The zero-order chi connectivity index (χ0) is 16.6. The predicted octanol–water partition coefficient (Wildman–Crippen LogP) is 4.03. The summed E-state index contributed by atoms with van der Waals surface area (Å²) >= 11 is 0. The monoisotopic (exact) mass is 308 g/mol. The molecule has 0 unspecified atom stereocenters. The van der Waals surface area contributed by atoms with Gasteiger partial charge in [0, 0.05) is 12.5 Å². The van der Waals surface area contributed by atoms with Crippen molar-refractivity contribution in [2.45, 2.75) is 20.8 Å². The molecule has 0 amide bonds. The Morgan fingerprint density at radius 1 is 0.957 bits per heavy atom. The smallest absolute Gasteiger partial charge is 0.335 e. The van der Waals surface area contributed by atoms with Crippen molar-refractivity contribution >= 4 is 5.97 Å². The summed E-state index contributed by atoms with van der Waals surface area (Å²) in [5.74, 6) is 0.107. The summed E-state index contributed by atoms with van der Waals surface area (Å²) in [6, 6.07) is 11.1. The fraction of sp³-hybridized carbons (Fsp3) is 0.167. The van der Waals surface area contributed by atoms with Crippen molar-refractivity contribution in [3.63, 3.8) is 0 Å². The fourth-order valence-corrected chi connectivity index (χ4v) is 2.61. The van der Waals surface area contributed by atoms with Gasteiger partial charge in [-0.25, -0.2) is 4.79 Å². The third-order valence-electron chi connectivity index (χ3n) is 3.76. The van der Waals surface area contributed by atoms with E-state index in [0.29, 0.717) is 17.3 Å². The van der Waals surface area contributed by atoms with E-state index in [1.54, 1.807) is 19.1 Å². The third-order valence-corrected chi connectivity index (χ3v) is 3.76. The van der Waals surface area contributed by atoms with Gasteiger partial charge in [-0.1, -0.05) is 12.1 Å². The molecule has 23 heavy (non-hydrogen) atoms. The number of rotatable bonds is 3. The number of hydrogen-bond acceptors (Lipinski definition) is 4. The Hall–Kier alpha value is -2.95. The highest BCUT2D eigenvalue weighted by atomic mass is 16.4. The van der Waals surface area contributed by atoms with Gasteiger partial charge in [-0.3, -0.25) is 0 Å². The molecule has 0 aliphatic carbocycles. The van der Waals surface area contributed by atoms with Gasteiger partial charge in [0.1, 0.15) is 0 Å². The molecule has 3 aromatic rings. The first-order valence-corrected chi connectivity index (χ1v) is 7.21. The van der Waals surface area contributed by atoms with Gasteiger partial charge in [0.25, 0.3) is 0 Å². The highest BCUT2D eigenvalue weighted by Gasteiger charge is 2.12. The maximum absolute atomic E-state index is 11.0. The van der Waals surface area contributed by atoms with Crippen LogP contribution in [-0.2, 0) is 0 Å². The quantitative estimate of drug-likeness (QED) is 0.790. The molecule has 1 N–H and O–H groups in total. The Morgan fingerprint density at radius 2 is 1.61 bits per heavy atom. The van der Waals surface area contributed by atoms with Gasteiger partial charge < -0.3 is 9.52 Å². The average molecular weight is 308 g/mol. The molecule has 116 valence electrons. The van der Waals surface area contributed by atoms with Crippen molar-refractivity contribution < 1.29 is 14.3 Å². The predicted molar refractivity (Wildman–Crippen MR) is 86.3 cm³/mol. The van der Waals surface area contributed by atoms with Crippen molar-refractivity contribution in [3.8, 4) is 22.6 Å². The van der Waals surface area contributed by atoms with Crippen LogP contribution in [0.4, 0.5) is 0 Å². The normalized spacial score (nSPS) is 10.7. The molecular weight excluding hydrogens is 292 g/mol. The van der Waals surface area contributed by atoms with Crippen LogP contribution >= 0.6 is 0 Å². The lowest BCUT2D eigenvalue weighted by Crippen LogP contribution is -1.97. The van der Waals surface area contributed by atoms with Gasteiger partial charge in [-0.15, -0.1) is 10.2 Å². The van der Waals surface area contributed by atoms with E-state index >= 15 is 0 Å². The summed E-state index contributed by atoms with van der Waals surface area (Å²) in [7, 11) is 0. The van der Waals surface area contributed by atoms with Crippen molar-refractivity contribution in [2.24, 2.45) is 0 Å². The molecule has 1 heterocycles. The second-order valence-corrected chi connectivity index (χ2v) is 5.49. The minimum atomic E-state index is -0.918. The molecule has 0 fully saturated rings. The molecule has 2 aromatic carbocycles. The lowest BCUT2D eigenvalue weighted by molar-refractivity contribution is 0.0697. The van der Waals surface area contributed by atoms with Crippen LogP contribution in [0.5, 0.6) is 0 Å². The fourth-order valence-electron chi connectivity index (χ4n) is 2.61. The van der Waals surface area contributed by atoms with Crippen LogP contribution in [0.15, 0.2) is 40.8 Å². The van der Waals surface area contributed by atoms with Gasteiger partial charge in [-0.2, -0.15) is 0 Å². The third kappa shape index (κ3) is 2.85. The molecule has 0 aliphatic rings. The van der Waals surface area contributed by atoms with Crippen molar-refractivity contribution in [1.82, 2.24) is 10.2 Å². The molecule has 3 rings (SSSR count). The molecule has 5 heteroatoms. The summed E-state index contributed by atoms with van der Waals surface area (Å²) in [6.07, 6.45) is 0. The number of aromatic nitrogens is 2. The Bertz CT molecular complexity index is 897. The number of aromatic carboxylic acids is 1.